The molecule has 2 unspecified atom stereocenters. The van der Waals surface area contributed by atoms with E-state index in [0.29, 0.717) is 0 Å². The lowest BCUT2D eigenvalue weighted by molar-refractivity contribution is -0.115. The van der Waals surface area contributed by atoms with Crippen LogP contribution in [0.5, 0.6) is 0 Å². The van der Waals surface area contributed by atoms with Crippen LogP contribution < -0.4 is 0 Å². The van der Waals surface area contributed by atoms with E-state index < -0.39 is 0 Å². The van der Waals surface area contributed by atoms with Gasteiger partial charge in [0.25, 0.3) is 0 Å². The first kappa shape index (κ1) is 10.4. The molecule has 0 spiro atoms. The second-order valence-electron chi connectivity index (χ2n) is 3.85. The van der Waals surface area contributed by atoms with Crippen LogP contribution >= 0.6 is 11.6 Å². The molecule has 0 bridgehead atoms. The Labute approximate surface area is 94.8 Å². The van der Waals surface area contributed by atoms with Crippen molar-refractivity contribution >= 4 is 16.8 Å². The molecule has 0 heterocycles. The monoisotopic (exact) mass is 220 g/mol. The van der Waals surface area contributed by atoms with E-state index in [1.807, 2.05) is 30.3 Å². The first-order chi connectivity index (χ1) is 7.29. The van der Waals surface area contributed by atoms with E-state index in [0.717, 1.165) is 12.8 Å². The third-order valence-corrected chi connectivity index (χ3v) is 3.18. The molecule has 0 N–H and O–H groups in total. The molecular weight excluding hydrogens is 208 g/mol. The molecule has 1 aromatic carbocycles. The highest BCUT2D eigenvalue weighted by Crippen LogP contribution is 2.34. The summed E-state index contributed by atoms with van der Waals surface area (Å²) in [7, 11) is 0. The predicted octanol–water partition coefficient (Wildman–Crippen LogP) is 3.50. The molecule has 15 heavy (non-hydrogen) atoms. The van der Waals surface area contributed by atoms with Gasteiger partial charge in [0.1, 0.15) is 0 Å². The summed E-state index contributed by atoms with van der Waals surface area (Å²) in [6.45, 7) is 0. The van der Waals surface area contributed by atoms with E-state index in [1.165, 1.54) is 5.56 Å². The van der Waals surface area contributed by atoms with E-state index in [-0.39, 0.29) is 17.1 Å². The van der Waals surface area contributed by atoms with Crippen molar-refractivity contribution in [3.8, 4) is 0 Å². The number of hydrogen-bond donors (Lipinski definition) is 0. The summed E-state index contributed by atoms with van der Waals surface area (Å²) < 4.78 is 0. The maximum Gasteiger partial charge on any atom is 0.225 e. The summed E-state index contributed by atoms with van der Waals surface area (Å²) in [5.41, 5.74) is 1.17. The predicted molar refractivity (Wildman–Crippen MR) is 61.9 cm³/mol. The summed E-state index contributed by atoms with van der Waals surface area (Å²) in [5.74, 6) is 0.101. The molecule has 1 aliphatic rings. The fourth-order valence-corrected chi connectivity index (χ4v) is 2.35. The number of carbonyl (C=O) groups excluding carboxylic acids is 1. The Morgan fingerprint density at radius 1 is 1.27 bits per heavy atom. The molecular formula is C13H13ClO. The van der Waals surface area contributed by atoms with E-state index in [9.17, 15) is 4.79 Å². The second kappa shape index (κ2) is 4.63. The standard InChI is InChI=1S/C13H13ClO/c14-13(15)12-9-5-4-8-11(12)10-6-2-1-3-7-10/h1-4,6-8,11-12H,5,9H2. The van der Waals surface area contributed by atoms with Gasteiger partial charge in [0.2, 0.25) is 5.24 Å². The van der Waals surface area contributed by atoms with Gasteiger partial charge in [0.15, 0.2) is 0 Å². The van der Waals surface area contributed by atoms with Crippen molar-refractivity contribution < 1.29 is 4.79 Å². The average Bonchev–Trinajstić information content (AvgIpc) is 2.30. The zero-order chi connectivity index (χ0) is 10.7. The molecule has 78 valence electrons. The van der Waals surface area contributed by atoms with E-state index in [2.05, 4.69) is 12.2 Å². The van der Waals surface area contributed by atoms with Crippen molar-refractivity contribution in [3.05, 3.63) is 48.0 Å². The fourth-order valence-electron chi connectivity index (χ4n) is 2.11. The number of benzene rings is 1. The number of halogens is 1. The van der Waals surface area contributed by atoms with Crippen molar-refractivity contribution in [3.63, 3.8) is 0 Å². The van der Waals surface area contributed by atoms with E-state index in [4.69, 9.17) is 11.6 Å². The van der Waals surface area contributed by atoms with Crippen molar-refractivity contribution in [2.24, 2.45) is 5.92 Å². The number of hydrogen-bond acceptors (Lipinski definition) is 1. The van der Waals surface area contributed by atoms with Gasteiger partial charge in [-0.3, -0.25) is 4.79 Å². The first-order valence-corrected chi connectivity index (χ1v) is 5.58. The van der Waals surface area contributed by atoms with Crippen molar-refractivity contribution in [1.82, 2.24) is 0 Å². The minimum Gasteiger partial charge on any atom is -0.281 e. The summed E-state index contributed by atoms with van der Waals surface area (Å²) in [6.07, 6.45) is 6.04. The largest absolute Gasteiger partial charge is 0.281 e. The Balaban J connectivity index is 2.29. The van der Waals surface area contributed by atoms with Crippen LogP contribution in [0.3, 0.4) is 0 Å². The molecule has 0 fully saturated rings. The molecule has 0 radical (unpaired) electrons. The minimum absolute atomic E-state index is 0.0564. The summed E-state index contributed by atoms with van der Waals surface area (Å²) in [4.78, 5) is 11.3. The van der Waals surface area contributed by atoms with Crippen LogP contribution in [-0.4, -0.2) is 5.24 Å². The molecule has 2 rings (SSSR count). The molecule has 1 aromatic rings. The number of carbonyl (C=O) groups is 1. The topological polar surface area (TPSA) is 17.1 Å². The van der Waals surface area contributed by atoms with Gasteiger partial charge in [-0.1, -0.05) is 42.5 Å². The van der Waals surface area contributed by atoms with Crippen LogP contribution in [0.2, 0.25) is 0 Å². The van der Waals surface area contributed by atoms with Crippen molar-refractivity contribution in [2.75, 3.05) is 0 Å². The maximum absolute atomic E-state index is 11.3. The van der Waals surface area contributed by atoms with Gasteiger partial charge < -0.3 is 0 Å². The maximum atomic E-state index is 11.3. The molecule has 0 saturated carbocycles. The van der Waals surface area contributed by atoms with Gasteiger partial charge in [-0.05, 0) is 30.0 Å². The van der Waals surface area contributed by atoms with Crippen LogP contribution in [-0.2, 0) is 4.79 Å². The average molecular weight is 221 g/mol. The normalized spacial score (nSPS) is 25.1. The second-order valence-corrected chi connectivity index (χ2v) is 4.23. The Kier molecular flexibility index (Phi) is 3.22. The molecule has 1 nitrogen and oxygen atoms in total. The van der Waals surface area contributed by atoms with Crippen LogP contribution in [0.1, 0.15) is 24.3 Å². The third kappa shape index (κ3) is 2.29. The first-order valence-electron chi connectivity index (χ1n) is 5.20. The van der Waals surface area contributed by atoms with Crippen molar-refractivity contribution in [1.29, 1.82) is 0 Å². The van der Waals surface area contributed by atoms with Gasteiger partial charge >= 0.3 is 0 Å². The van der Waals surface area contributed by atoms with Crippen LogP contribution in [0.4, 0.5) is 0 Å². The smallest absolute Gasteiger partial charge is 0.225 e. The van der Waals surface area contributed by atoms with Gasteiger partial charge in [-0.2, -0.15) is 0 Å². The highest BCUT2D eigenvalue weighted by Gasteiger charge is 2.27. The zero-order valence-electron chi connectivity index (χ0n) is 8.40. The van der Waals surface area contributed by atoms with Crippen LogP contribution in [0, 0.1) is 5.92 Å². The SMILES string of the molecule is O=C(Cl)C1CCC=CC1c1ccccc1. The Hall–Kier alpha value is -1.08. The third-order valence-electron chi connectivity index (χ3n) is 2.90. The zero-order valence-corrected chi connectivity index (χ0v) is 9.15. The molecule has 2 atom stereocenters. The van der Waals surface area contributed by atoms with Gasteiger partial charge in [0.05, 0.1) is 0 Å². The van der Waals surface area contributed by atoms with Gasteiger partial charge in [-0.25, -0.2) is 0 Å². The van der Waals surface area contributed by atoms with Gasteiger partial charge in [-0.15, -0.1) is 0 Å². The minimum atomic E-state index is -0.215. The lowest BCUT2D eigenvalue weighted by Gasteiger charge is -2.24. The van der Waals surface area contributed by atoms with E-state index >= 15 is 0 Å². The number of rotatable bonds is 2. The summed E-state index contributed by atoms with van der Waals surface area (Å²) in [5, 5.41) is -0.215. The molecule has 1 aliphatic carbocycles. The number of allylic oxidation sites excluding steroid dienone is 2. The fraction of sp³-hybridized carbons (Fsp3) is 0.308. The molecule has 0 aliphatic heterocycles. The Morgan fingerprint density at radius 2 is 2.00 bits per heavy atom. The molecule has 0 saturated heterocycles. The summed E-state index contributed by atoms with van der Waals surface area (Å²) in [6, 6.07) is 10.1. The molecule has 0 aromatic heterocycles. The summed E-state index contributed by atoms with van der Waals surface area (Å²) >= 11 is 5.63. The Bertz CT molecular complexity index is 369. The van der Waals surface area contributed by atoms with E-state index in [1.54, 1.807) is 0 Å². The lowest BCUT2D eigenvalue weighted by atomic mass is 9.80. The highest BCUT2D eigenvalue weighted by atomic mass is 35.5. The highest BCUT2D eigenvalue weighted by molar-refractivity contribution is 6.64. The molecule has 2 heteroatoms. The Morgan fingerprint density at radius 3 is 2.67 bits per heavy atom. The van der Waals surface area contributed by atoms with Crippen molar-refractivity contribution in [2.45, 2.75) is 18.8 Å². The van der Waals surface area contributed by atoms with Crippen LogP contribution in [0.15, 0.2) is 42.5 Å². The quantitative estimate of drug-likeness (QED) is 0.551. The van der Waals surface area contributed by atoms with Gasteiger partial charge in [0, 0.05) is 11.8 Å². The van der Waals surface area contributed by atoms with Crippen LogP contribution in [0.25, 0.3) is 0 Å². The lowest BCUT2D eigenvalue weighted by Crippen LogP contribution is -2.19. The molecule has 0 amide bonds.